The molecule has 3 aliphatic rings. The predicted molar refractivity (Wildman–Crippen MR) is 262 cm³/mol. The monoisotopic (exact) mass is 831 g/mol. The summed E-state index contributed by atoms with van der Waals surface area (Å²) in [5, 5.41) is 0. The van der Waals surface area contributed by atoms with Crippen molar-refractivity contribution < 1.29 is 4.74 Å². The molecule has 0 fully saturated rings. The standard InChI is InChI=1S/C61H41N3O/c1-60(2)49-20-10-9-19-45(49)47-35-42(30-33-50(47)60)43-29-32-46-48-36-44(31-34-51(48)61(54(46)37-43)52-21-11-13-23-55(52)65-56-24-14-12-22-53(56)61)59-63-57(40-17-7-4-8-18-40)62-58(64-59)41-27-25-39(26-28-41)38-15-5-3-6-16-38/h3-37H,1-2H3. The SMILES string of the molecule is CC1(C)c2ccccc2-c2cc(-c3ccc4c(c3)C3(c5ccccc5Oc5ccccc53)c3ccc(-c5nc(-c6ccccc6)nc(-c6ccc(-c7ccccc7)cc6)n5)cc3-4)ccc21. The summed E-state index contributed by atoms with van der Waals surface area (Å²) >= 11 is 0. The molecule has 0 atom stereocenters. The molecule has 4 heteroatoms. The van der Waals surface area contributed by atoms with Crippen molar-refractivity contribution in [1.82, 2.24) is 15.0 Å². The molecule has 0 radical (unpaired) electrons. The number of benzene rings is 9. The molecule has 1 aliphatic heterocycles. The van der Waals surface area contributed by atoms with Crippen molar-refractivity contribution in [1.29, 1.82) is 0 Å². The first kappa shape index (κ1) is 37.4. The molecule has 13 rings (SSSR count). The molecule has 0 saturated heterocycles. The molecule has 10 aromatic rings. The highest BCUT2D eigenvalue weighted by Gasteiger charge is 2.51. The molecule has 306 valence electrons. The van der Waals surface area contributed by atoms with Crippen LogP contribution < -0.4 is 4.74 Å². The summed E-state index contributed by atoms with van der Waals surface area (Å²) in [5.74, 6) is 3.61. The smallest absolute Gasteiger partial charge is 0.164 e. The van der Waals surface area contributed by atoms with Crippen LogP contribution in [0.2, 0.25) is 0 Å². The van der Waals surface area contributed by atoms with E-state index in [2.05, 4.69) is 202 Å². The van der Waals surface area contributed by atoms with Gasteiger partial charge in [-0.3, -0.25) is 0 Å². The van der Waals surface area contributed by atoms with Crippen LogP contribution in [0.5, 0.6) is 11.5 Å². The van der Waals surface area contributed by atoms with Gasteiger partial charge in [-0.1, -0.05) is 196 Å². The fraction of sp³-hybridized carbons (Fsp3) is 0.0656. The summed E-state index contributed by atoms with van der Waals surface area (Å²) in [6.45, 7) is 4.68. The van der Waals surface area contributed by atoms with Gasteiger partial charge in [0.1, 0.15) is 11.5 Å². The Morgan fingerprint density at radius 2 is 0.708 bits per heavy atom. The summed E-state index contributed by atoms with van der Waals surface area (Å²) in [6.07, 6.45) is 0. The zero-order valence-corrected chi connectivity index (χ0v) is 36.0. The van der Waals surface area contributed by atoms with Gasteiger partial charge in [-0.05, 0) is 97.1 Å². The number of ether oxygens (including phenoxy) is 1. The van der Waals surface area contributed by atoms with Gasteiger partial charge < -0.3 is 4.74 Å². The Balaban J connectivity index is 1.01. The molecule has 0 saturated carbocycles. The Labute approximate surface area is 378 Å². The minimum absolute atomic E-state index is 0.0601. The maximum absolute atomic E-state index is 6.72. The van der Waals surface area contributed by atoms with Gasteiger partial charge in [-0.2, -0.15) is 0 Å². The summed E-state index contributed by atoms with van der Waals surface area (Å²) in [5.41, 5.74) is 19.2. The lowest BCUT2D eigenvalue weighted by Crippen LogP contribution is -2.32. The third-order valence-electron chi connectivity index (χ3n) is 14.0. The van der Waals surface area contributed by atoms with E-state index in [4.69, 9.17) is 19.7 Å². The molecule has 4 nitrogen and oxygen atoms in total. The Morgan fingerprint density at radius 1 is 0.292 bits per heavy atom. The first-order chi connectivity index (χ1) is 31.9. The van der Waals surface area contributed by atoms with E-state index in [9.17, 15) is 0 Å². The Morgan fingerprint density at radius 3 is 1.40 bits per heavy atom. The lowest BCUT2D eigenvalue weighted by molar-refractivity contribution is 0.436. The molecular formula is C61H41N3O. The molecule has 9 aromatic carbocycles. The van der Waals surface area contributed by atoms with E-state index in [1.54, 1.807) is 0 Å². The average Bonchev–Trinajstić information content (AvgIpc) is 3.78. The number of nitrogens with zero attached hydrogens (tertiary/aromatic N) is 3. The number of fused-ring (bicyclic) bond motifs is 12. The molecule has 0 amide bonds. The highest BCUT2D eigenvalue weighted by Crippen LogP contribution is 2.63. The van der Waals surface area contributed by atoms with Crippen molar-refractivity contribution in [3.8, 4) is 90.2 Å². The quantitative estimate of drug-likeness (QED) is 0.173. The maximum atomic E-state index is 6.72. The van der Waals surface area contributed by atoms with Gasteiger partial charge in [0.15, 0.2) is 17.5 Å². The molecule has 0 N–H and O–H groups in total. The minimum Gasteiger partial charge on any atom is -0.457 e. The fourth-order valence-corrected chi connectivity index (χ4v) is 10.9. The van der Waals surface area contributed by atoms with Gasteiger partial charge >= 0.3 is 0 Å². The van der Waals surface area contributed by atoms with Crippen LogP contribution in [0.15, 0.2) is 212 Å². The number of hydrogen-bond donors (Lipinski definition) is 0. The second-order valence-corrected chi connectivity index (χ2v) is 17.9. The third kappa shape index (κ3) is 5.60. The minimum atomic E-state index is -0.643. The van der Waals surface area contributed by atoms with Crippen molar-refractivity contribution in [2.24, 2.45) is 0 Å². The van der Waals surface area contributed by atoms with E-state index in [1.165, 1.54) is 55.6 Å². The number of rotatable bonds is 5. The van der Waals surface area contributed by atoms with Crippen molar-refractivity contribution in [3.63, 3.8) is 0 Å². The van der Waals surface area contributed by atoms with Crippen LogP contribution in [-0.4, -0.2) is 15.0 Å². The molecule has 0 bridgehead atoms. The number of aromatic nitrogens is 3. The first-order valence-corrected chi connectivity index (χ1v) is 22.3. The number of para-hydroxylation sites is 2. The van der Waals surface area contributed by atoms with Crippen LogP contribution >= 0.6 is 0 Å². The van der Waals surface area contributed by atoms with Crippen molar-refractivity contribution >= 4 is 0 Å². The van der Waals surface area contributed by atoms with Gasteiger partial charge in [0.25, 0.3) is 0 Å². The molecule has 0 unspecified atom stereocenters. The maximum Gasteiger partial charge on any atom is 0.164 e. The number of hydrogen-bond acceptors (Lipinski definition) is 4. The van der Waals surface area contributed by atoms with E-state index in [0.29, 0.717) is 17.5 Å². The summed E-state index contributed by atoms with van der Waals surface area (Å²) in [6, 6.07) is 76.0. The highest BCUT2D eigenvalue weighted by atomic mass is 16.5. The molecule has 1 aromatic heterocycles. The van der Waals surface area contributed by atoms with Gasteiger partial charge in [0.2, 0.25) is 0 Å². The Bertz CT molecular complexity index is 3490. The largest absolute Gasteiger partial charge is 0.457 e. The van der Waals surface area contributed by atoms with E-state index in [-0.39, 0.29) is 5.41 Å². The first-order valence-electron chi connectivity index (χ1n) is 22.3. The van der Waals surface area contributed by atoms with Crippen LogP contribution in [0.4, 0.5) is 0 Å². The normalized spacial score (nSPS) is 14.1. The summed E-state index contributed by atoms with van der Waals surface area (Å²) in [4.78, 5) is 15.5. The highest BCUT2D eigenvalue weighted by molar-refractivity contribution is 5.93. The molecule has 1 spiro atoms. The van der Waals surface area contributed by atoms with Gasteiger partial charge in [0, 0.05) is 33.2 Å². The molecule has 65 heavy (non-hydrogen) atoms. The van der Waals surface area contributed by atoms with E-state index < -0.39 is 5.41 Å². The van der Waals surface area contributed by atoms with Crippen molar-refractivity contribution in [3.05, 3.63) is 246 Å². The third-order valence-corrected chi connectivity index (χ3v) is 14.0. The molecule has 2 heterocycles. The summed E-state index contributed by atoms with van der Waals surface area (Å²) in [7, 11) is 0. The van der Waals surface area contributed by atoms with Crippen LogP contribution in [-0.2, 0) is 10.8 Å². The zero-order valence-electron chi connectivity index (χ0n) is 36.0. The lowest BCUT2D eigenvalue weighted by Gasteiger charge is -2.39. The Kier molecular flexibility index (Phi) is 8.13. The van der Waals surface area contributed by atoms with Crippen molar-refractivity contribution in [2.75, 3.05) is 0 Å². The van der Waals surface area contributed by atoms with E-state index in [1.807, 2.05) is 24.3 Å². The topological polar surface area (TPSA) is 47.9 Å². The zero-order chi connectivity index (χ0) is 43.3. The van der Waals surface area contributed by atoms with E-state index in [0.717, 1.165) is 50.4 Å². The fourth-order valence-electron chi connectivity index (χ4n) is 10.9. The second-order valence-electron chi connectivity index (χ2n) is 17.9. The average molecular weight is 832 g/mol. The molecular weight excluding hydrogens is 791 g/mol. The van der Waals surface area contributed by atoms with Gasteiger partial charge in [-0.25, -0.2) is 15.0 Å². The van der Waals surface area contributed by atoms with Crippen LogP contribution in [0.3, 0.4) is 0 Å². The van der Waals surface area contributed by atoms with Crippen LogP contribution in [0, 0.1) is 0 Å². The van der Waals surface area contributed by atoms with Crippen LogP contribution in [0.25, 0.3) is 78.7 Å². The van der Waals surface area contributed by atoms with E-state index >= 15 is 0 Å². The van der Waals surface area contributed by atoms with Crippen molar-refractivity contribution in [2.45, 2.75) is 24.7 Å². The molecule has 2 aliphatic carbocycles. The van der Waals surface area contributed by atoms with Crippen LogP contribution in [0.1, 0.15) is 47.2 Å². The second kappa shape index (κ2) is 14.2. The van der Waals surface area contributed by atoms with Gasteiger partial charge in [-0.15, -0.1) is 0 Å². The lowest BCUT2D eigenvalue weighted by atomic mass is 9.66. The summed E-state index contributed by atoms with van der Waals surface area (Å²) < 4.78 is 6.72. The van der Waals surface area contributed by atoms with Gasteiger partial charge in [0.05, 0.1) is 5.41 Å². The predicted octanol–water partition coefficient (Wildman–Crippen LogP) is 15.0. The Hall–Kier alpha value is -8.21.